The molecule has 23 heavy (non-hydrogen) atoms. The maximum atomic E-state index is 10.4. The van der Waals surface area contributed by atoms with Crippen LogP contribution in [0, 0.1) is 0 Å². The molecule has 0 unspecified atom stereocenters. The van der Waals surface area contributed by atoms with Gasteiger partial charge in [0.1, 0.15) is 18.7 Å². The van der Waals surface area contributed by atoms with Gasteiger partial charge in [0.05, 0.1) is 13.2 Å². The van der Waals surface area contributed by atoms with Crippen LogP contribution in [0.5, 0.6) is 0 Å². The summed E-state index contributed by atoms with van der Waals surface area (Å²) in [7, 11) is 0. The van der Waals surface area contributed by atoms with Crippen molar-refractivity contribution in [2.24, 2.45) is 0 Å². The highest BCUT2D eigenvalue weighted by Gasteiger charge is 2.16. The highest BCUT2D eigenvalue weighted by atomic mass is 16.3. The van der Waals surface area contributed by atoms with Crippen molar-refractivity contribution in [3.63, 3.8) is 0 Å². The molecule has 0 bridgehead atoms. The number of hydrogen-bond donors (Lipinski definition) is 3. The quantitative estimate of drug-likeness (QED) is 0.619. The summed E-state index contributed by atoms with van der Waals surface area (Å²) in [4.78, 5) is 0. The zero-order chi connectivity index (χ0) is 16.2. The van der Waals surface area contributed by atoms with E-state index in [1.54, 1.807) is 0 Å². The predicted octanol–water partition coefficient (Wildman–Crippen LogP) is 1.49. The first-order valence-corrected chi connectivity index (χ1v) is 8.32. The van der Waals surface area contributed by atoms with Crippen molar-refractivity contribution in [2.75, 3.05) is 13.2 Å². The molecule has 0 aliphatic carbocycles. The Hall–Kier alpha value is -1.88. The molecule has 122 valence electrons. The van der Waals surface area contributed by atoms with Gasteiger partial charge in [0.2, 0.25) is 0 Å². The minimum absolute atomic E-state index is 0.151. The molecule has 1 heterocycles. The molecule has 3 aromatic rings. The number of aromatic nitrogens is 1. The second kappa shape index (κ2) is 7.13. The van der Waals surface area contributed by atoms with E-state index in [2.05, 4.69) is 47.9 Å². The van der Waals surface area contributed by atoms with Crippen LogP contribution >= 0.6 is 0 Å². The van der Waals surface area contributed by atoms with Gasteiger partial charge >= 0.3 is 0 Å². The number of hydrogen-bond acceptors (Lipinski definition) is 2. The number of aliphatic hydroxyl groups is 2. The molecule has 0 saturated heterocycles. The topological polar surface area (TPSA) is 62.0 Å². The Balaban J connectivity index is 1.86. The molecule has 4 N–H and O–H groups in total. The van der Waals surface area contributed by atoms with Crippen LogP contribution in [-0.2, 0) is 6.54 Å². The number of para-hydroxylation sites is 2. The molecule has 4 nitrogen and oxygen atoms in total. The van der Waals surface area contributed by atoms with E-state index in [9.17, 15) is 10.2 Å². The van der Waals surface area contributed by atoms with E-state index < -0.39 is 6.10 Å². The lowest BCUT2D eigenvalue weighted by atomic mass is 10.2. The zero-order valence-corrected chi connectivity index (χ0v) is 13.5. The van der Waals surface area contributed by atoms with Crippen molar-refractivity contribution in [2.45, 2.75) is 32.0 Å². The molecule has 1 aromatic heterocycles. The van der Waals surface area contributed by atoms with Gasteiger partial charge < -0.3 is 20.1 Å². The molecule has 0 radical (unpaired) electrons. The van der Waals surface area contributed by atoms with Crippen LogP contribution in [0.4, 0.5) is 0 Å². The van der Waals surface area contributed by atoms with Crippen LogP contribution in [0.3, 0.4) is 0 Å². The summed E-state index contributed by atoms with van der Waals surface area (Å²) in [6.07, 6.45) is 0.452. The Morgan fingerprint density at radius 2 is 1.57 bits per heavy atom. The second-order valence-corrected chi connectivity index (χ2v) is 6.12. The molecule has 0 fully saturated rings. The van der Waals surface area contributed by atoms with Gasteiger partial charge in [0.25, 0.3) is 0 Å². The Labute approximate surface area is 136 Å². The van der Waals surface area contributed by atoms with Crippen molar-refractivity contribution >= 4 is 21.8 Å². The predicted molar refractivity (Wildman–Crippen MR) is 93.4 cm³/mol. The summed E-state index contributed by atoms with van der Waals surface area (Å²) in [5.41, 5.74) is 2.31. The fourth-order valence-electron chi connectivity index (χ4n) is 3.21. The molecule has 0 aliphatic heterocycles. The van der Waals surface area contributed by atoms with Gasteiger partial charge in [-0.3, -0.25) is 0 Å². The molecule has 2 aromatic carbocycles. The molecule has 2 atom stereocenters. The van der Waals surface area contributed by atoms with Crippen molar-refractivity contribution in [1.29, 1.82) is 0 Å². The van der Waals surface area contributed by atoms with Gasteiger partial charge in [-0.2, -0.15) is 0 Å². The van der Waals surface area contributed by atoms with Gasteiger partial charge in [-0.25, -0.2) is 0 Å². The van der Waals surface area contributed by atoms with Crippen LogP contribution < -0.4 is 5.32 Å². The standard InChI is InChI=1S/C19H24N2O2/c1-2-14(13-22)20-11-15(23)12-21-18-9-5-3-7-16(18)17-8-4-6-10-19(17)21/h3-10,14-15,20,22-23H,2,11-13H2,1H3/p+1/t14-,15-/m1/s1. The summed E-state index contributed by atoms with van der Waals surface area (Å²) >= 11 is 0. The van der Waals surface area contributed by atoms with E-state index >= 15 is 0 Å². The Morgan fingerprint density at radius 1 is 1.00 bits per heavy atom. The first kappa shape index (κ1) is 16.0. The number of aliphatic hydroxyl groups excluding tert-OH is 2. The van der Waals surface area contributed by atoms with Crippen LogP contribution in [-0.4, -0.2) is 40.1 Å². The van der Waals surface area contributed by atoms with Crippen molar-refractivity contribution in [3.8, 4) is 0 Å². The Kier molecular flexibility index (Phi) is 4.96. The van der Waals surface area contributed by atoms with E-state index in [4.69, 9.17) is 0 Å². The lowest BCUT2D eigenvalue weighted by Gasteiger charge is -2.16. The Morgan fingerprint density at radius 3 is 2.09 bits per heavy atom. The van der Waals surface area contributed by atoms with E-state index in [-0.39, 0.29) is 12.6 Å². The van der Waals surface area contributed by atoms with Crippen molar-refractivity contribution in [1.82, 2.24) is 4.57 Å². The zero-order valence-electron chi connectivity index (χ0n) is 13.5. The molecular weight excluding hydrogens is 288 g/mol. The van der Waals surface area contributed by atoms with Crippen molar-refractivity contribution < 1.29 is 15.5 Å². The fourth-order valence-corrected chi connectivity index (χ4v) is 3.21. The molecule has 0 spiro atoms. The van der Waals surface area contributed by atoms with Crippen LogP contribution in [0.1, 0.15) is 13.3 Å². The fraction of sp³-hybridized carbons (Fsp3) is 0.368. The van der Waals surface area contributed by atoms with E-state index in [1.165, 1.54) is 10.8 Å². The molecule has 4 heteroatoms. The molecule has 0 saturated carbocycles. The third kappa shape index (κ3) is 3.24. The van der Waals surface area contributed by atoms with E-state index in [1.807, 2.05) is 17.4 Å². The lowest BCUT2D eigenvalue weighted by Crippen LogP contribution is -2.92. The second-order valence-electron chi connectivity index (χ2n) is 6.12. The lowest BCUT2D eigenvalue weighted by molar-refractivity contribution is -0.696. The maximum absolute atomic E-state index is 10.4. The average molecular weight is 313 g/mol. The number of fused-ring (bicyclic) bond motifs is 3. The minimum atomic E-state index is -0.449. The third-order valence-corrected chi connectivity index (χ3v) is 4.57. The van der Waals surface area contributed by atoms with E-state index in [0.29, 0.717) is 13.1 Å². The van der Waals surface area contributed by atoms with Gasteiger partial charge in [-0.05, 0) is 18.6 Å². The summed E-state index contributed by atoms with van der Waals surface area (Å²) in [5, 5.41) is 24.2. The van der Waals surface area contributed by atoms with Crippen LogP contribution in [0.25, 0.3) is 21.8 Å². The highest BCUT2D eigenvalue weighted by molar-refractivity contribution is 6.07. The first-order valence-electron chi connectivity index (χ1n) is 8.32. The average Bonchev–Trinajstić information content (AvgIpc) is 2.90. The summed E-state index contributed by atoms with van der Waals surface area (Å²) < 4.78 is 2.20. The van der Waals surface area contributed by atoms with Gasteiger partial charge in [0, 0.05) is 21.8 Å². The maximum Gasteiger partial charge on any atom is 0.121 e. The van der Waals surface area contributed by atoms with Gasteiger partial charge in [-0.15, -0.1) is 0 Å². The molecule has 0 amide bonds. The van der Waals surface area contributed by atoms with Crippen LogP contribution in [0.2, 0.25) is 0 Å². The summed E-state index contributed by atoms with van der Waals surface area (Å²) in [5.74, 6) is 0. The molecule has 3 rings (SSSR count). The summed E-state index contributed by atoms with van der Waals surface area (Å²) in [6.45, 7) is 3.36. The van der Waals surface area contributed by atoms with Crippen LogP contribution in [0.15, 0.2) is 48.5 Å². The highest BCUT2D eigenvalue weighted by Crippen LogP contribution is 2.28. The monoisotopic (exact) mass is 313 g/mol. The number of quaternary nitrogens is 1. The van der Waals surface area contributed by atoms with Crippen molar-refractivity contribution in [3.05, 3.63) is 48.5 Å². The van der Waals surface area contributed by atoms with E-state index in [0.717, 1.165) is 17.5 Å². The molecular formula is C19H25N2O2+. The number of benzene rings is 2. The number of nitrogens with zero attached hydrogens (tertiary/aromatic N) is 1. The normalized spacial score (nSPS) is 14.4. The SMILES string of the molecule is CC[C@H](CO)[NH2+]C[C@@H](O)Cn1c2ccccc2c2ccccc21. The molecule has 0 aliphatic rings. The van der Waals surface area contributed by atoms with Gasteiger partial charge in [0.15, 0.2) is 0 Å². The number of rotatable bonds is 7. The third-order valence-electron chi connectivity index (χ3n) is 4.57. The Bertz CT molecular complexity index is 724. The largest absolute Gasteiger partial charge is 0.390 e. The number of nitrogens with two attached hydrogens (primary N) is 1. The minimum Gasteiger partial charge on any atom is -0.390 e. The smallest absolute Gasteiger partial charge is 0.121 e. The van der Waals surface area contributed by atoms with Gasteiger partial charge in [-0.1, -0.05) is 43.3 Å². The summed E-state index contributed by atoms with van der Waals surface area (Å²) in [6, 6.07) is 16.8. The first-order chi connectivity index (χ1) is 11.2.